The van der Waals surface area contributed by atoms with Crippen LogP contribution >= 0.6 is 0 Å². The lowest BCUT2D eigenvalue weighted by molar-refractivity contribution is -0.0740. The van der Waals surface area contributed by atoms with E-state index in [-0.39, 0.29) is 5.60 Å². The predicted octanol–water partition coefficient (Wildman–Crippen LogP) is 3.19. The molecule has 0 radical (unpaired) electrons. The minimum absolute atomic E-state index is 0.0586. The van der Waals surface area contributed by atoms with E-state index in [9.17, 15) is 0 Å². The van der Waals surface area contributed by atoms with Crippen molar-refractivity contribution in [2.45, 2.75) is 65.0 Å². The SMILES string of the molecule is CCCCOc1nc(N)c2nc(OC)n(CCC3CCOC(C)(C)C3)c2n1. The number of nitrogen functional groups attached to an aromatic ring is 1. The second-order valence-electron chi connectivity index (χ2n) is 7.77. The van der Waals surface area contributed by atoms with E-state index in [2.05, 4.69) is 35.7 Å². The summed E-state index contributed by atoms with van der Waals surface area (Å²) in [6, 6.07) is 0.799. The normalized spacial score (nSPS) is 19.3. The number of ether oxygens (including phenoxy) is 3. The molecule has 2 aromatic heterocycles. The van der Waals surface area contributed by atoms with Gasteiger partial charge in [0.15, 0.2) is 17.0 Å². The fraction of sp³-hybridized carbons (Fsp3) is 0.737. The van der Waals surface area contributed by atoms with Gasteiger partial charge in [0.2, 0.25) is 0 Å². The number of hydrogen-bond donors (Lipinski definition) is 1. The first kappa shape index (κ1) is 19.7. The van der Waals surface area contributed by atoms with Gasteiger partial charge >= 0.3 is 6.01 Å². The van der Waals surface area contributed by atoms with Crippen molar-refractivity contribution in [2.24, 2.45) is 5.92 Å². The van der Waals surface area contributed by atoms with E-state index < -0.39 is 0 Å². The molecule has 1 atom stereocenters. The second-order valence-corrected chi connectivity index (χ2v) is 7.77. The maximum atomic E-state index is 6.09. The maximum Gasteiger partial charge on any atom is 0.320 e. The number of aryl methyl sites for hydroxylation is 1. The number of nitrogens with two attached hydrogens (primary N) is 1. The molecule has 1 unspecified atom stereocenters. The first-order chi connectivity index (χ1) is 12.9. The summed E-state index contributed by atoms with van der Waals surface area (Å²) in [7, 11) is 1.61. The van der Waals surface area contributed by atoms with Crippen molar-refractivity contribution in [2.75, 3.05) is 26.1 Å². The van der Waals surface area contributed by atoms with Crippen molar-refractivity contribution < 1.29 is 14.2 Å². The molecule has 1 saturated heterocycles. The van der Waals surface area contributed by atoms with Crippen LogP contribution in [0.4, 0.5) is 5.82 Å². The van der Waals surface area contributed by atoms with Crippen LogP contribution < -0.4 is 15.2 Å². The minimum Gasteiger partial charge on any atom is -0.468 e. The molecule has 3 rings (SSSR count). The van der Waals surface area contributed by atoms with E-state index in [0.717, 1.165) is 45.3 Å². The van der Waals surface area contributed by atoms with Crippen LogP contribution in [0.15, 0.2) is 0 Å². The molecule has 150 valence electrons. The highest BCUT2D eigenvalue weighted by atomic mass is 16.5. The molecule has 0 bridgehead atoms. The van der Waals surface area contributed by atoms with E-state index in [1.807, 2.05) is 4.57 Å². The van der Waals surface area contributed by atoms with E-state index in [1.54, 1.807) is 7.11 Å². The van der Waals surface area contributed by atoms with Crippen LogP contribution in [0.5, 0.6) is 12.0 Å². The van der Waals surface area contributed by atoms with E-state index >= 15 is 0 Å². The number of nitrogens with zero attached hydrogens (tertiary/aromatic N) is 4. The van der Waals surface area contributed by atoms with Crippen molar-refractivity contribution in [3.8, 4) is 12.0 Å². The van der Waals surface area contributed by atoms with Crippen molar-refractivity contribution in [1.29, 1.82) is 0 Å². The molecule has 3 heterocycles. The van der Waals surface area contributed by atoms with Gasteiger partial charge < -0.3 is 19.9 Å². The third-order valence-electron chi connectivity index (χ3n) is 5.04. The van der Waals surface area contributed by atoms with Crippen LogP contribution in [0.3, 0.4) is 0 Å². The molecule has 0 saturated carbocycles. The van der Waals surface area contributed by atoms with Gasteiger partial charge in [-0.15, -0.1) is 0 Å². The minimum atomic E-state index is -0.0586. The number of rotatable bonds is 8. The number of hydrogen-bond acceptors (Lipinski definition) is 7. The fourth-order valence-electron chi connectivity index (χ4n) is 3.63. The Hall–Kier alpha value is -2.09. The molecule has 2 N–H and O–H groups in total. The second kappa shape index (κ2) is 8.29. The molecule has 0 spiro atoms. The zero-order chi connectivity index (χ0) is 19.4. The molecule has 8 nitrogen and oxygen atoms in total. The molecular formula is C19H31N5O3. The molecule has 0 aliphatic carbocycles. The van der Waals surface area contributed by atoms with Gasteiger partial charge in [-0.2, -0.15) is 15.0 Å². The monoisotopic (exact) mass is 377 g/mol. The van der Waals surface area contributed by atoms with Crippen molar-refractivity contribution in [3.05, 3.63) is 0 Å². The van der Waals surface area contributed by atoms with Gasteiger partial charge in [-0.25, -0.2) is 0 Å². The van der Waals surface area contributed by atoms with Gasteiger partial charge in [0.1, 0.15) is 0 Å². The average molecular weight is 377 g/mol. The lowest BCUT2D eigenvalue weighted by atomic mass is 9.86. The molecule has 27 heavy (non-hydrogen) atoms. The zero-order valence-corrected chi connectivity index (χ0v) is 16.8. The molecule has 1 aliphatic rings. The third kappa shape index (κ3) is 4.61. The lowest BCUT2D eigenvalue weighted by Crippen LogP contribution is -2.34. The Labute approximate surface area is 160 Å². The summed E-state index contributed by atoms with van der Waals surface area (Å²) >= 11 is 0. The van der Waals surface area contributed by atoms with Gasteiger partial charge in [0, 0.05) is 13.2 Å². The predicted molar refractivity (Wildman–Crippen MR) is 104 cm³/mol. The van der Waals surface area contributed by atoms with Gasteiger partial charge in [-0.3, -0.25) is 4.57 Å². The summed E-state index contributed by atoms with van der Waals surface area (Å²) in [5.74, 6) is 0.908. The largest absolute Gasteiger partial charge is 0.468 e. The van der Waals surface area contributed by atoms with Gasteiger partial charge in [0.25, 0.3) is 6.01 Å². The van der Waals surface area contributed by atoms with E-state index in [0.29, 0.717) is 41.5 Å². The summed E-state index contributed by atoms with van der Waals surface area (Å²) in [5, 5.41) is 0. The van der Waals surface area contributed by atoms with Crippen molar-refractivity contribution in [1.82, 2.24) is 19.5 Å². The van der Waals surface area contributed by atoms with Crippen molar-refractivity contribution >= 4 is 17.0 Å². The molecule has 0 aromatic carbocycles. The van der Waals surface area contributed by atoms with Crippen molar-refractivity contribution in [3.63, 3.8) is 0 Å². The summed E-state index contributed by atoms with van der Waals surface area (Å²) in [5.41, 5.74) is 7.26. The number of methoxy groups -OCH3 is 1. The Morgan fingerprint density at radius 2 is 2.11 bits per heavy atom. The highest BCUT2D eigenvalue weighted by molar-refractivity contribution is 5.83. The van der Waals surface area contributed by atoms with Crippen LogP contribution in [-0.4, -0.2) is 45.4 Å². The van der Waals surface area contributed by atoms with Crippen LogP contribution in [-0.2, 0) is 11.3 Å². The number of aromatic nitrogens is 4. The van der Waals surface area contributed by atoms with Gasteiger partial charge in [0.05, 0.1) is 19.3 Å². The third-order valence-corrected chi connectivity index (χ3v) is 5.04. The quantitative estimate of drug-likeness (QED) is 0.706. The maximum absolute atomic E-state index is 6.09. The Bertz CT molecular complexity index is 774. The summed E-state index contributed by atoms with van der Waals surface area (Å²) < 4.78 is 18.9. The summed E-state index contributed by atoms with van der Waals surface area (Å²) in [6.07, 6.45) is 5.12. The van der Waals surface area contributed by atoms with E-state index in [4.69, 9.17) is 19.9 Å². The first-order valence-electron chi connectivity index (χ1n) is 9.78. The zero-order valence-electron chi connectivity index (χ0n) is 16.8. The highest BCUT2D eigenvalue weighted by Gasteiger charge is 2.29. The van der Waals surface area contributed by atoms with Gasteiger partial charge in [-0.1, -0.05) is 13.3 Å². The molecule has 1 aliphatic heterocycles. The molecule has 2 aromatic rings. The Balaban J connectivity index is 1.82. The topological polar surface area (TPSA) is 97.3 Å². The van der Waals surface area contributed by atoms with Crippen LogP contribution in [0, 0.1) is 5.92 Å². The number of fused-ring (bicyclic) bond motifs is 1. The van der Waals surface area contributed by atoms with Crippen LogP contribution in [0.25, 0.3) is 11.2 Å². The Morgan fingerprint density at radius 1 is 1.30 bits per heavy atom. The smallest absolute Gasteiger partial charge is 0.320 e. The Kier molecular flexibility index (Phi) is 6.04. The average Bonchev–Trinajstić information content (AvgIpc) is 2.98. The van der Waals surface area contributed by atoms with Crippen LogP contribution in [0.1, 0.15) is 52.9 Å². The number of unbranched alkanes of at least 4 members (excludes halogenated alkanes) is 1. The van der Waals surface area contributed by atoms with Gasteiger partial charge in [-0.05, 0) is 45.4 Å². The molecular weight excluding hydrogens is 346 g/mol. The number of imidazole rings is 1. The Morgan fingerprint density at radius 3 is 2.81 bits per heavy atom. The summed E-state index contributed by atoms with van der Waals surface area (Å²) in [6.45, 7) is 8.55. The highest BCUT2D eigenvalue weighted by Crippen LogP contribution is 2.32. The fourth-order valence-corrected chi connectivity index (χ4v) is 3.63. The number of anilines is 1. The first-order valence-corrected chi connectivity index (χ1v) is 9.78. The lowest BCUT2D eigenvalue weighted by Gasteiger charge is -2.35. The van der Waals surface area contributed by atoms with E-state index in [1.165, 1.54) is 0 Å². The summed E-state index contributed by atoms with van der Waals surface area (Å²) in [4.78, 5) is 13.2. The molecule has 8 heteroatoms. The van der Waals surface area contributed by atoms with Crippen LogP contribution in [0.2, 0.25) is 0 Å². The molecule has 0 amide bonds. The standard InChI is InChI=1S/C19H31N5O3/c1-5-6-10-26-17-22-15(20)14-16(23-17)24(18(21-14)25-4)9-7-13-8-11-27-19(2,3)12-13/h13H,5-12H2,1-4H3,(H2,20,22,23). The molecule has 1 fully saturated rings.